The van der Waals surface area contributed by atoms with Crippen LogP contribution in [0.3, 0.4) is 0 Å². The minimum absolute atomic E-state index is 0.119. The summed E-state index contributed by atoms with van der Waals surface area (Å²) in [5.41, 5.74) is 1.03. The summed E-state index contributed by atoms with van der Waals surface area (Å²) in [5.74, 6) is 0.539. The molecular formula is C12H17BrN2O2. The number of benzene rings is 1. The minimum Gasteiger partial charge on any atom is -0.310 e. The topological polar surface area (TPSA) is 55.2 Å². The highest BCUT2D eigenvalue weighted by molar-refractivity contribution is 9.10. The van der Waals surface area contributed by atoms with E-state index in [4.69, 9.17) is 0 Å². The Morgan fingerprint density at radius 1 is 1.35 bits per heavy atom. The van der Waals surface area contributed by atoms with E-state index >= 15 is 0 Å². The van der Waals surface area contributed by atoms with Gasteiger partial charge in [0.15, 0.2) is 0 Å². The zero-order chi connectivity index (χ0) is 13.0. The average Bonchev–Trinajstić information content (AvgIpc) is 2.24. The maximum atomic E-state index is 10.7. The van der Waals surface area contributed by atoms with Gasteiger partial charge in [0.05, 0.1) is 4.92 Å². The Balaban J connectivity index is 2.74. The Labute approximate surface area is 110 Å². The molecule has 0 saturated carbocycles. The van der Waals surface area contributed by atoms with Gasteiger partial charge in [0.2, 0.25) is 0 Å². The van der Waals surface area contributed by atoms with Crippen LogP contribution in [0.25, 0.3) is 0 Å². The van der Waals surface area contributed by atoms with Crippen molar-refractivity contribution >= 4 is 21.6 Å². The van der Waals surface area contributed by atoms with E-state index in [0.717, 1.165) is 10.0 Å². The van der Waals surface area contributed by atoms with Crippen molar-refractivity contribution in [2.45, 2.75) is 33.4 Å². The zero-order valence-electron chi connectivity index (χ0n) is 10.2. The molecule has 0 radical (unpaired) electrons. The van der Waals surface area contributed by atoms with Crippen LogP contribution >= 0.6 is 15.9 Å². The number of halogens is 1. The first-order valence-corrected chi connectivity index (χ1v) is 6.36. The molecule has 17 heavy (non-hydrogen) atoms. The van der Waals surface area contributed by atoms with Crippen LogP contribution in [0.2, 0.25) is 0 Å². The summed E-state index contributed by atoms with van der Waals surface area (Å²) in [6, 6.07) is 5.39. The molecule has 1 rings (SSSR count). The fraction of sp³-hybridized carbons (Fsp3) is 0.500. The lowest BCUT2D eigenvalue weighted by Gasteiger charge is -2.17. The number of nitro benzene ring substituents is 1. The summed E-state index contributed by atoms with van der Waals surface area (Å²) in [7, 11) is 0. The van der Waals surface area contributed by atoms with E-state index in [2.05, 4.69) is 42.0 Å². The molecule has 1 unspecified atom stereocenters. The van der Waals surface area contributed by atoms with E-state index < -0.39 is 0 Å². The fourth-order valence-corrected chi connectivity index (χ4v) is 1.88. The number of nitrogens with one attached hydrogen (secondary N) is 1. The third-order valence-electron chi connectivity index (χ3n) is 2.78. The summed E-state index contributed by atoms with van der Waals surface area (Å²) in [5, 5.41) is 14.1. The van der Waals surface area contributed by atoms with Crippen LogP contribution in [0, 0.1) is 16.0 Å². The predicted molar refractivity (Wildman–Crippen MR) is 71.9 cm³/mol. The number of nitrogens with zero attached hydrogens (tertiary/aromatic N) is 1. The molecule has 1 aromatic rings. The lowest BCUT2D eigenvalue weighted by atomic mass is 10.1. The average molecular weight is 301 g/mol. The van der Waals surface area contributed by atoms with Crippen LogP contribution in [0.5, 0.6) is 0 Å². The minimum atomic E-state index is -0.375. The molecule has 0 aliphatic rings. The highest BCUT2D eigenvalue weighted by Crippen LogP contribution is 2.21. The van der Waals surface area contributed by atoms with Gasteiger partial charge >= 0.3 is 0 Å². The second-order valence-corrected chi connectivity index (χ2v) is 5.40. The van der Waals surface area contributed by atoms with Crippen molar-refractivity contribution in [1.29, 1.82) is 0 Å². The maximum Gasteiger partial charge on any atom is 0.270 e. The summed E-state index contributed by atoms with van der Waals surface area (Å²) in [6.07, 6.45) is 0. The van der Waals surface area contributed by atoms with E-state index in [1.54, 1.807) is 6.07 Å². The van der Waals surface area contributed by atoms with Crippen molar-refractivity contribution in [2.24, 2.45) is 5.92 Å². The Hall–Kier alpha value is -0.940. The van der Waals surface area contributed by atoms with Crippen LogP contribution in [0.1, 0.15) is 26.3 Å². The quantitative estimate of drug-likeness (QED) is 0.669. The van der Waals surface area contributed by atoms with Crippen molar-refractivity contribution in [2.75, 3.05) is 0 Å². The standard InChI is InChI=1S/C12H17BrN2O2/c1-8(2)9(3)14-7-10-4-11(13)6-12(5-10)15(16)17/h4-6,8-9,14H,7H2,1-3H3. The third-order valence-corrected chi connectivity index (χ3v) is 3.24. The highest BCUT2D eigenvalue weighted by atomic mass is 79.9. The summed E-state index contributed by atoms with van der Waals surface area (Å²) < 4.78 is 0.737. The lowest BCUT2D eigenvalue weighted by molar-refractivity contribution is -0.385. The Kier molecular flexibility index (Phi) is 5.08. The van der Waals surface area contributed by atoms with Crippen LogP contribution < -0.4 is 5.32 Å². The van der Waals surface area contributed by atoms with E-state index in [-0.39, 0.29) is 10.6 Å². The summed E-state index contributed by atoms with van der Waals surface area (Å²) in [4.78, 5) is 10.3. The molecule has 0 fully saturated rings. The molecule has 94 valence electrons. The van der Waals surface area contributed by atoms with Crippen LogP contribution in [0.15, 0.2) is 22.7 Å². The zero-order valence-corrected chi connectivity index (χ0v) is 11.8. The molecule has 0 aromatic heterocycles. The molecule has 1 atom stereocenters. The van der Waals surface area contributed by atoms with Crippen molar-refractivity contribution < 1.29 is 4.92 Å². The van der Waals surface area contributed by atoms with Gasteiger partial charge in [-0.2, -0.15) is 0 Å². The normalized spacial score (nSPS) is 12.8. The Bertz CT molecular complexity index is 407. The lowest BCUT2D eigenvalue weighted by Crippen LogP contribution is -2.30. The largest absolute Gasteiger partial charge is 0.310 e. The smallest absolute Gasteiger partial charge is 0.270 e. The van der Waals surface area contributed by atoms with Gasteiger partial charge in [0, 0.05) is 29.2 Å². The number of non-ortho nitro benzene ring substituents is 1. The Morgan fingerprint density at radius 2 is 2.00 bits per heavy atom. The summed E-state index contributed by atoms with van der Waals surface area (Å²) >= 11 is 3.29. The first-order chi connectivity index (χ1) is 7.90. The molecule has 0 bridgehead atoms. The third kappa shape index (κ3) is 4.44. The molecule has 0 aliphatic carbocycles. The van der Waals surface area contributed by atoms with Gasteiger partial charge in [-0.25, -0.2) is 0 Å². The number of hydrogen-bond donors (Lipinski definition) is 1. The van der Waals surface area contributed by atoms with Crippen molar-refractivity contribution in [3.63, 3.8) is 0 Å². The Morgan fingerprint density at radius 3 is 2.53 bits per heavy atom. The summed E-state index contributed by atoms with van der Waals surface area (Å²) in [6.45, 7) is 7.03. The van der Waals surface area contributed by atoms with Crippen molar-refractivity contribution in [3.05, 3.63) is 38.3 Å². The van der Waals surface area contributed by atoms with Gasteiger partial charge in [-0.3, -0.25) is 10.1 Å². The predicted octanol–water partition coefficient (Wildman–Crippen LogP) is 3.49. The SMILES string of the molecule is CC(C)C(C)NCc1cc(Br)cc([N+](=O)[O-])c1. The number of nitro groups is 1. The maximum absolute atomic E-state index is 10.7. The first-order valence-electron chi connectivity index (χ1n) is 5.57. The van der Waals surface area contributed by atoms with Crippen LogP contribution in [-0.4, -0.2) is 11.0 Å². The number of hydrogen-bond acceptors (Lipinski definition) is 3. The molecular weight excluding hydrogens is 284 g/mol. The fourth-order valence-electron chi connectivity index (χ4n) is 1.36. The van der Waals surface area contributed by atoms with E-state index in [1.807, 2.05) is 6.07 Å². The second kappa shape index (κ2) is 6.12. The van der Waals surface area contributed by atoms with Gasteiger partial charge < -0.3 is 5.32 Å². The van der Waals surface area contributed by atoms with Gasteiger partial charge in [0.1, 0.15) is 0 Å². The second-order valence-electron chi connectivity index (χ2n) is 4.49. The van der Waals surface area contributed by atoms with Crippen molar-refractivity contribution in [1.82, 2.24) is 5.32 Å². The highest BCUT2D eigenvalue weighted by Gasteiger charge is 2.10. The van der Waals surface area contributed by atoms with Crippen LogP contribution in [-0.2, 0) is 6.54 Å². The molecule has 0 aliphatic heterocycles. The van der Waals surface area contributed by atoms with Gasteiger partial charge in [-0.05, 0) is 24.5 Å². The first kappa shape index (κ1) is 14.1. The van der Waals surface area contributed by atoms with Gasteiger partial charge in [0.25, 0.3) is 5.69 Å². The molecule has 4 nitrogen and oxygen atoms in total. The van der Waals surface area contributed by atoms with E-state index in [0.29, 0.717) is 18.5 Å². The van der Waals surface area contributed by atoms with Crippen molar-refractivity contribution in [3.8, 4) is 0 Å². The monoisotopic (exact) mass is 300 g/mol. The molecule has 0 amide bonds. The molecule has 1 N–H and O–H groups in total. The van der Waals surface area contributed by atoms with Gasteiger partial charge in [-0.15, -0.1) is 0 Å². The number of rotatable bonds is 5. The molecule has 0 spiro atoms. The molecule has 0 heterocycles. The van der Waals surface area contributed by atoms with E-state index in [9.17, 15) is 10.1 Å². The van der Waals surface area contributed by atoms with Crippen LogP contribution in [0.4, 0.5) is 5.69 Å². The van der Waals surface area contributed by atoms with E-state index in [1.165, 1.54) is 6.07 Å². The molecule has 0 saturated heterocycles. The van der Waals surface area contributed by atoms with Gasteiger partial charge in [-0.1, -0.05) is 29.8 Å². The molecule has 5 heteroatoms. The molecule has 1 aromatic carbocycles.